The Bertz CT molecular complexity index is 3130. The third-order valence-electron chi connectivity index (χ3n) is 10.0. The number of benzene rings is 8. The molecule has 0 radical (unpaired) electrons. The molecule has 0 saturated carbocycles. The number of anilines is 3. The highest BCUT2D eigenvalue weighted by Gasteiger charge is 2.21. The SMILES string of the molecule is c1cc(-c2ccc3c(c2)sc2ccccc23)cc(N(c2ccc3c(c2)sc2ccccc23)c2cccc3oc4c5ccccc5ccc4c23)c1. The Morgan fingerprint density at radius 2 is 1.02 bits per heavy atom. The standard InChI is InChI=1S/C46H27NOS2/c1-2-12-33-28(9-1)19-23-38-45-39(15-8-16-40(45)48-46(33)38)47(32-21-24-37-35-14-4-6-18-42(35)50-44(37)27-32)31-11-7-10-29(25-31)30-20-22-36-34-13-3-5-17-41(34)49-43(36)26-30/h1-27H. The molecule has 3 aromatic heterocycles. The van der Waals surface area contributed by atoms with Gasteiger partial charge in [-0.1, -0.05) is 103 Å². The molecule has 0 aliphatic heterocycles. The summed E-state index contributed by atoms with van der Waals surface area (Å²) in [5.74, 6) is 0. The Morgan fingerprint density at radius 3 is 1.84 bits per heavy atom. The predicted molar refractivity (Wildman–Crippen MR) is 217 cm³/mol. The van der Waals surface area contributed by atoms with E-state index in [0.717, 1.165) is 44.4 Å². The Labute approximate surface area is 295 Å². The van der Waals surface area contributed by atoms with Gasteiger partial charge in [-0.15, -0.1) is 22.7 Å². The van der Waals surface area contributed by atoms with Crippen LogP contribution in [0.25, 0.3) is 84.2 Å². The van der Waals surface area contributed by atoms with Crippen molar-refractivity contribution in [3.05, 3.63) is 164 Å². The summed E-state index contributed by atoms with van der Waals surface area (Å²) in [6, 6.07) is 59.5. The molecule has 0 atom stereocenters. The van der Waals surface area contributed by atoms with Gasteiger partial charge in [0.1, 0.15) is 11.2 Å². The van der Waals surface area contributed by atoms with Crippen LogP contribution >= 0.6 is 22.7 Å². The number of fused-ring (bicyclic) bond motifs is 11. The molecule has 3 heterocycles. The molecule has 0 aliphatic carbocycles. The van der Waals surface area contributed by atoms with E-state index in [9.17, 15) is 0 Å². The lowest BCUT2D eigenvalue weighted by Gasteiger charge is -2.27. The van der Waals surface area contributed by atoms with E-state index in [1.807, 2.05) is 22.7 Å². The summed E-state index contributed by atoms with van der Waals surface area (Å²) in [5.41, 5.74) is 7.51. The highest BCUT2D eigenvalue weighted by atomic mass is 32.1. The maximum absolute atomic E-state index is 6.67. The zero-order chi connectivity index (χ0) is 32.8. The van der Waals surface area contributed by atoms with Crippen molar-refractivity contribution in [3.63, 3.8) is 0 Å². The van der Waals surface area contributed by atoms with Crippen LogP contribution in [0.3, 0.4) is 0 Å². The first-order valence-corrected chi connectivity index (χ1v) is 18.5. The van der Waals surface area contributed by atoms with Crippen LogP contribution in [0.15, 0.2) is 168 Å². The van der Waals surface area contributed by atoms with Crippen LogP contribution in [-0.4, -0.2) is 0 Å². The zero-order valence-corrected chi connectivity index (χ0v) is 28.4. The van der Waals surface area contributed by atoms with Crippen LogP contribution in [0.4, 0.5) is 17.1 Å². The molecule has 0 saturated heterocycles. The largest absolute Gasteiger partial charge is 0.455 e. The van der Waals surface area contributed by atoms with Crippen molar-refractivity contribution >= 4 is 113 Å². The molecule has 234 valence electrons. The van der Waals surface area contributed by atoms with Gasteiger partial charge >= 0.3 is 0 Å². The van der Waals surface area contributed by atoms with Gasteiger partial charge in [-0.3, -0.25) is 0 Å². The van der Waals surface area contributed by atoms with Gasteiger partial charge in [0.05, 0.1) is 11.1 Å². The summed E-state index contributed by atoms with van der Waals surface area (Å²) in [7, 11) is 0. The maximum Gasteiger partial charge on any atom is 0.143 e. The van der Waals surface area contributed by atoms with Crippen LogP contribution in [0.2, 0.25) is 0 Å². The molecular weight excluding hydrogens is 647 g/mol. The topological polar surface area (TPSA) is 16.4 Å². The van der Waals surface area contributed by atoms with E-state index >= 15 is 0 Å². The summed E-state index contributed by atoms with van der Waals surface area (Å²) < 4.78 is 11.9. The van der Waals surface area contributed by atoms with Gasteiger partial charge in [-0.2, -0.15) is 0 Å². The zero-order valence-electron chi connectivity index (χ0n) is 26.8. The lowest BCUT2D eigenvalue weighted by atomic mass is 10.0. The fourth-order valence-electron chi connectivity index (χ4n) is 7.73. The number of hydrogen-bond donors (Lipinski definition) is 0. The van der Waals surface area contributed by atoms with E-state index in [4.69, 9.17) is 4.42 Å². The lowest BCUT2D eigenvalue weighted by molar-refractivity contribution is 0.672. The normalized spacial score (nSPS) is 12.0. The quantitative estimate of drug-likeness (QED) is 0.185. The Morgan fingerprint density at radius 1 is 0.400 bits per heavy atom. The monoisotopic (exact) mass is 673 g/mol. The second kappa shape index (κ2) is 10.8. The van der Waals surface area contributed by atoms with Gasteiger partial charge in [0.15, 0.2) is 0 Å². The van der Waals surface area contributed by atoms with Gasteiger partial charge in [-0.05, 0) is 77.2 Å². The van der Waals surface area contributed by atoms with Crippen LogP contribution in [-0.2, 0) is 0 Å². The van der Waals surface area contributed by atoms with Gasteiger partial charge in [-0.25, -0.2) is 0 Å². The van der Waals surface area contributed by atoms with Crippen molar-refractivity contribution in [2.45, 2.75) is 0 Å². The van der Waals surface area contributed by atoms with E-state index in [-0.39, 0.29) is 0 Å². The molecule has 50 heavy (non-hydrogen) atoms. The molecular formula is C46H27NOS2. The molecule has 0 bridgehead atoms. The third-order valence-corrected chi connectivity index (χ3v) is 12.3. The minimum Gasteiger partial charge on any atom is -0.455 e. The van der Waals surface area contributed by atoms with E-state index in [2.05, 4.69) is 169 Å². The van der Waals surface area contributed by atoms with E-state index in [1.165, 1.54) is 56.9 Å². The average Bonchev–Trinajstić information content (AvgIpc) is 3.86. The van der Waals surface area contributed by atoms with Crippen molar-refractivity contribution in [2.75, 3.05) is 4.90 Å². The molecule has 2 nitrogen and oxygen atoms in total. The van der Waals surface area contributed by atoms with Gasteiger partial charge in [0.25, 0.3) is 0 Å². The highest BCUT2D eigenvalue weighted by Crippen LogP contribution is 2.47. The van der Waals surface area contributed by atoms with Crippen molar-refractivity contribution < 1.29 is 4.42 Å². The molecule has 0 unspecified atom stereocenters. The van der Waals surface area contributed by atoms with Gasteiger partial charge in [0.2, 0.25) is 0 Å². The number of rotatable bonds is 4. The van der Waals surface area contributed by atoms with Crippen LogP contribution in [0.5, 0.6) is 0 Å². The number of hydrogen-bond acceptors (Lipinski definition) is 4. The summed E-state index contributed by atoms with van der Waals surface area (Å²) in [5, 5.41) is 9.77. The van der Waals surface area contributed by atoms with Crippen molar-refractivity contribution in [1.82, 2.24) is 0 Å². The van der Waals surface area contributed by atoms with Crippen molar-refractivity contribution in [1.29, 1.82) is 0 Å². The first-order valence-electron chi connectivity index (χ1n) is 16.8. The minimum absolute atomic E-state index is 0.883. The van der Waals surface area contributed by atoms with Crippen LogP contribution in [0.1, 0.15) is 0 Å². The average molecular weight is 674 g/mol. The first-order chi connectivity index (χ1) is 24.8. The molecule has 11 rings (SSSR count). The number of nitrogens with zero attached hydrogens (tertiary/aromatic N) is 1. The molecule has 4 heteroatoms. The van der Waals surface area contributed by atoms with E-state index < -0.39 is 0 Å². The Balaban J connectivity index is 1.15. The van der Waals surface area contributed by atoms with Crippen molar-refractivity contribution in [3.8, 4) is 11.1 Å². The minimum atomic E-state index is 0.883. The Kier molecular flexibility index (Phi) is 6.03. The molecule has 0 fully saturated rings. The first kappa shape index (κ1) is 28.0. The summed E-state index contributed by atoms with van der Waals surface area (Å²) in [6.07, 6.45) is 0. The summed E-state index contributed by atoms with van der Waals surface area (Å²) in [4.78, 5) is 2.41. The smallest absolute Gasteiger partial charge is 0.143 e. The fourth-order valence-corrected chi connectivity index (χ4v) is 10.0. The molecule has 0 spiro atoms. The molecule has 0 amide bonds. The van der Waals surface area contributed by atoms with Crippen LogP contribution in [0, 0.1) is 0 Å². The van der Waals surface area contributed by atoms with Gasteiger partial charge in [0, 0.05) is 62.5 Å². The highest BCUT2D eigenvalue weighted by molar-refractivity contribution is 7.26. The van der Waals surface area contributed by atoms with E-state index in [0.29, 0.717) is 0 Å². The van der Waals surface area contributed by atoms with Crippen LogP contribution < -0.4 is 4.90 Å². The molecule has 0 N–H and O–H groups in total. The lowest BCUT2D eigenvalue weighted by Crippen LogP contribution is -2.10. The van der Waals surface area contributed by atoms with Crippen molar-refractivity contribution in [2.24, 2.45) is 0 Å². The number of furan rings is 1. The maximum atomic E-state index is 6.67. The molecule has 8 aromatic carbocycles. The third kappa shape index (κ3) is 4.19. The number of thiophene rings is 2. The summed E-state index contributed by atoms with van der Waals surface area (Å²) >= 11 is 3.71. The predicted octanol–water partition coefficient (Wildman–Crippen LogP) is 14.6. The second-order valence-corrected chi connectivity index (χ2v) is 15.1. The summed E-state index contributed by atoms with van der Waals surface area (Å²) in [6.45, 7) is 0. The fraction of sp³-hybridized carbons (Fsp3) is 0. The molecule has 0 aliphatic rings. The van der Waals surface area contributed by atoms with E-state index in [1.54, 1.807) is 0 Å². The molecule has 11 aromatic rings. The Hall–Kier alpha value is -5.94. The van der Waals surface area contributed by atoms with Gasteiger partial charge < -0.3 is 9.32 Å². The second-order valence-electron chi connectivity index (χ2n) is 12.9.